The van der Waals surface area contributed by atoms with Crippen LogP contribution in [0.4, 0.5) is 5.95 Å². The van der Waals surface area contributed by atoms with Gasteiger partial charge in [-0.15, -0.1) is 0 Å². The van der Waals surface area contributed by atoms with Crippen LogP contribution >= 0.6 is 30.9 Å². The second-order valence-corrected chi connectivity index (χ2v) is 12.1. The number of hydrogen-bond donors (Lipinski definition) is 4. The summed E-state index contributed by atoms with van der Waals surface area (Å²) in [5, 5.41) is 13.4. The Labute approximate surface area is 232 Å². The maximum Gasteiger partial charge on any atom is 0.459 e. The molecule has 0 radical (unpaired) electrons. The average molecular weight is 605 g/mol. The predicted octanol–water partition coefficient (Wildman–Crippen LogP) is 2.27. The van der Waals surface area contributed by atoms with E-state index in [-0.39, 0.29) is 22.9 Å². The number of H-pyrrole nitrogens is 1. The highest BCUT2D eigenvalue weighted by Gasteiger charge is 2.56. The standard InChI is InChI=1S/C22H27Cl2N6O8P/c1-11(2)36-19(33)12(3)29-39(34,38-13-7-5-4-6-8-13)35-9-14-16(31)22(23,24)20(37-14)30-10-26-15-17(30)27-21(25)28-18(15)32/h4-8,10-12,14,16,20,31H,9H2,1-3H3,(H,29,34)(H3,25,27,28,32)/t12-,14+,16+,20+,39+/m0/s1. The summed E-state index contributed by atoms with van der Waals surface area (Å²) in [6.45, 7) is 4.23. The molecule has 39 heavy (non-hydrogen) atoms. The van der Waals surface area contributed by atoms with Crippen LogP contribution in [0.2, 0.25) is 0 Å². The van der Waals surface area contributed by atoms with Crippen LogP contribution in [0.15, 0.2) is 41.5 Å². The number of halogens is 2. The van der Waals surface area contributed by atoms with Gasteiger partial charge in [-0.25, -0.2) is 9.55 Å². The van der Waals surface area contributed by atoms with Crippen LogP contribution in [0, 0.1) is 0 Å². The fourth-order valence-electron chi connectivity index (χ4n) is 3.73. The highest BCUT2D eigenvalue weighted by molar-refractivity contribution is 7.52. The molecular weight excluding hydrogens is 578 g/mol. The average Bonchev–Trinajstić information content (AvgIpc) is 3.36. The number of nitrogen functional groups attached to an aromatic ring is 1. The zero-order valence-corrected chi connectivity index (χ0v) is 23.4. The molecule has 3 aromatic rings. The number of carbonyl (C=O) groups excluding carboxylic acids is 1. The largest absolute Gasteiger partial charge is 0.462 e. The number of imidazole rings is 1. The molecular formula is C22H27Cl2N6O8P. The number of ether oxygens (including phenoxy) is 2. The zero-order valence-electron chi connectivity index (χ0n) is 21.0. The van der Waals surface area contributed by atoms with E-state index in [1.807, 2.05) is 0 Å². The van der Waals surface area contributed by atoms with Crippen molar-refractivity contribution < 1.29 is 33.0 Å². The van der Waals surface area contributed by atoms with Gasteiger partial charge in [0, 0.05) is 0 Å². The summed E-state index contributed by atoms with van der Waals surface area (Å²) >= 11 is 12.9. The molecule has 14 nitrogen and oxygen atoms in total. The number of aliphatic hydroxyl groups is 1. The zero-order chi connectivity index (χ0) is 28.5. The normalized spacial score (nSPS) is 23.0. The number of benzene rings is 1. The van der Waals surface area contributed by atoms with Crippen LogP contribution in [-0.4, -0.2) is 65.9 Å². The highest BCUT2D eigenvalue weighted by Crippen LogP contribution is 2.50. The molecule has 212 valence electrons. The van der Waals surface area contributed by atoms with Crippen molar-refractivity contribution in [2.45, 2.75) is 55.7 Å². The summed E-state index contributed by atoms with van der Waals surface area (Å²) in [5.41, 5.74) is 5.01. The van der Waals surface area contributed by atoms with E-state index >= 15 is 0 Å². The van der Waals surface area contributed by atoms with Crippen molar-refractivity contribution in [3.05, 3.63) is 47.0 Å². The molecule has 0 saturated carbocycles. The van der Waals surface area contributed by atoms with Gasteiger partial charge < -0.3 is 24.8 Å². The first kappa shape index (κ1) is 29.3. The molecule has 1 saturated heterocycles. The van der Waals surface area contributed by atoms with Crippen LogP contribution in [0.3, 0.4) is 0 Å². The topological polar surface area (TPSA) is 193 Å². The van der Waals surface area contributed by atoms with Gasteiger partial charge in [0.25, 0.3) is 5.56 Å². The van der Waals surface area contributed by atoms with Gasteiger partial charge in [0.05, 0.1) is 19.0 Å². The molecule has 4 rings (SSSR count). The quantitative estimate of drug-likeness (QED) is 0.150. The highest BCUT2D eigenvalue weighted by atomic mass is 35.5. The number of rotatable bonds is 10. The minimum Gasteiger partial charge on any atom is -0.462 e. The second-order valence-electron chi connectivity index (χ2n) is 8.96. The number of fused-ring (bicyclic) bond motifs is 1. The van der Waals surface area contributed by atoms with Gasteiger partial charge in [0.2, 0.25) is 5.95 Å². The number of carbonyl (C=O) groups is 1. The predicted molar refractivity (Wildman–Crippen MR) is 141 cm³/mol. The van der Waals surface area contributed by atoms with Gasteiger partial charge in [-0.05, 0) is 32.9 Å². The minimum absolute atomic E-state index is 0.0120. The van der Waals surface area contributed by atoms with E-state index in [0.29, 0.717) is 0 Å². The molecule has 1 aliphatic heterocycles. The lowest BCUT2D eigenvalue weighted by atomic mass is 10.2. The van der Waals surface area contributed by atoms with E-state index in [0.717, 1.165) is 0 Å². The van der Waals surface area contributed by atoms with Gasteiger partial charge in [-0.1, -0.05) is 41.4 Å². The molecule has 17 heteroatoms. The van der Waals surface area contributed by atoms with Gasteiger partial charge >= 0.3 is 13.7 Å². The fraction of sp³-hybridized carbons (Fsp3) is 0.455. The smallest absolute Gasteiger partial charge is 0.459 e. The maximum atomic E-state index is 13.7. The van der Waals surface area contributed by atoms with E-state index in [1.165, 1.54) is 17.8 Å². The number of hydrogen-bond acceptors (Lipinski definition) is 11. The van der Waals surface area contributed by atoms with Crippen LogP contribution < -0.4 is 20.9 Å². The number of nitrogens with zero attached hydrogens (tertiary/aromatic N) is 3. The number of alkyl halides is 2. The van der Waals surface area contributed by atoms with E-state index in [4.69, 9.17) is 47.5 Å². The lowest BCUT2D eigenvalue weighted by Gasteiger charge is -2.25. The van der Waals surface area contributed by atoms with Gasteiger partial charge in [0.15, 0.2) is 21.7 Å². The third-order valence-electron chi connectivity index (χ3n) is 5.52. The van der Waals surface area contributed by atoms with E-state index in [9.17, 15) is 19.3 Å². The number of nitrogens with two attached hydrogens (primary N) is 1. The van der Waals surface area contributed by atoms with Crippen molar-refractivity contribution in [2.24, 2.45) is 0 Å². The van der Waals surface area contributed by atoms with Crippen LogP contribution in [0.1, 0.15) is 27.0 Å². The molecule has 1 aromatic carbocycles. The second kappa shape index (κ2) is 11.4. The number of anilines is 1. The van der Waals surface area contributed by atoms with Crippen LogP contribution in [0.5, 0.6) is 5.75 Å². The molecule has 1 fully saturated rings. The molecule has 0 unspecified atom stereocenters. The van der Waals surface area contributed by atoms with Crippen molar-refractivity contribution >= 4 is 54.0 Å². The summed E-state index contributed by atoms with van der Waals surface area (Å²) in [4.78, 5) is 34.9. The maximum absolute atomic E-state index is 13.7. The summed E-state index contributed by atoms with van der Waals surface area (Å²) in [7, 11) is -4.27. The Balaban J connectivity index is 1.56. The Bertz CT molecular complexity index is 1430. The third-order valence-corrected chi connectivity index (χ3v) is 7.98. The number of aromatic amines is 1. The number of aliphatic hydroxyl groups excluding tert-OH is 1. The Hall–Kier alpha value is -2.71. The molecule has 5 atom stereocenters. The SMILES string of the molecule is CC(C)OC(=O)[C@H](C)N[P@@](=O)(OC[C@H]1O[C@@H](n2cnc3c(=O)[nH]c(N)nc32)C(Cl)(Cl)[C@@H]1O)Oc1ccccc1. The molecule has 3 heterocycles. The number of aromatic nitrogens is 4. The molecule has 2 aromatic heterocycles. The Morgan fingerprint density at radius 2 is 2.03 bits per heavy atom. The van der Waals surface area contributed by atoms with Crippen molar-refractivity contribution in [2.75, 3.05) is 12.3 Å². The fourth-order valence-corrected chi connectivity index (χ4v) is 5.82. The first-order chi connectivity index (χ1) is 18.3. The van der Waals surface area contributed by atoms with Gasteiger partial charge in [0.1, 0.15) is 24.0 Å². The van der Waals surface area contributed by atoms with Gasteiger partial charge in [-0.3, -0.25) is 23.7 Å². The van der Waals surface area contributed by atoms with Gasteiger partial charge in [-0.2, -0.15) is 10.1 Å². The molecule has 0 aliphatic carbocycles. The van der Waals surface area contributed by atoms with E-state index < -0.39 is 60.8 Å². The lowest BCUT2D eigenvalue weighted by Crippen LogP contribution is -2.39. The van der Waals surface area contributed by atoms with Crippen LogP contribution in [0.25, 0.3) is 11.2 Å². The summed E-state index contributed by atoms with van der Waals surface area (Å²) in [5.74, 6) is -0.680. The summed E-state index contributed by atoms with van der Waals surface area (Å²) in [6, 6.07) is 7.03. The number of esters is 1. The molecule has 1 aliphatic rings. The lowest BCUT2D eigenvalue weighted by molar-refractivity contribution is -0.149. The van der Waals surface area contributed by atoms with Crippen molar-refractivity contribution in [1.29, 1.82) is 0 Å². The van der Waals surface area contributed by atoms with Crippen molar-refractivity contribution in [3.8, 4) is 5.75 Å². The first-order valence-electron chi connectivity index (χ1n) is 11.7. The Morgan fingerprint density at radius 3 is 2.69 bits per heavy atom. The minimum atomic E-state index is -4.27. The molecule has 0 spiro atoms. The monoisotopic (exact) mass is 604 g/mol. The van der Waals surface area contributed by atoms with E-state index in [2.05, 4.69) is 20.0 Å². The van der Waals surface area contributed by atoms with E-state index in [1.54, 1.807) is 44.2 Å². The Kier molecular flexibility index (Phi) is 8.57. The molecule has 0 amide bonds. The van der Waals surface area contributed by atoms with Crippen molar-refractivity contribution in [3.63, 3.8) is 0 Å². The van der Waals surface area contributed by atoms with Crippen molar-refractivity contribution in [1.82, 2.24) is 24.6 Å². The van der Waals surface area contributed by atoms with Crippen LogP contribution in [-0.2, 0) is 23.4 Å². The third kappa shape index (κ3) is 6.38. The first-order valence-corrected chi connectivity index (χ1v) is 14.0. The summed E-state index contributed by atoms with van der Waals surface area (Å²) < 4.78 is 35.2. The number of para-hydroxylation sites is 1. The molecule has 5 N–H and O–H groups in total. The summed E-state index contributed by atoms with van der Waals surface area (Å²) in [6.07, 6.45) is -3.31. The number of nitrogens with one attached hydrogen (secondary N) is 2. The Morgan fingerprint density at radius 1 is 1.33 bits per heavy atom. The molecule has 0 bridgehead atoms.